The summed E-state index contributed by atoms with van der Waals surface area (Å²) in [5.74, 6) is 0.213. The van der Waals surface area contributed by atoms with E-state index in [1.165, 1.54) is 205 Å². The molecule has 0 rings (SSSR count). The van der Waals surface area contributed by atoms with Gasteiger partial charge in [0.05, 0.1) is 26.4 Å². The molecule has 0 heterocycles. The summed E-state index contributed by atoms with van der Waals surface area (Å²) in [5, 5.41) is 10.6. The minimum absolute atomic E-state index is 0.106. The van der Waals surface area contributed by atoms with Crippen LogP contribution in [-0.4, -0.2) is 96.7 Å². The highest BCUT2D eigenvalue weighted by atomic mass is 31.2. The van der Waals surface area contributed by atoms with E-state index in [-0.39, 0.29) is 25.7 Å². The third-order valence-corrected chi connectivity index (χ3v) is 19.8. The maximum absolute atomic E-state index is 13.1. The summed E-state index contributed by atoms with van der Waals surface area (Å²) >= 11 is 0. The minimum atomic E-state index is -4.96. The highest BCUT2D eigenvalue weighted by molar-refractivity contribution is 7.47. The van der Waals surface area contributed by atoms with Crippen LogP contribution in [0.1, 0.15) is 395 Å². The zero-order valence-corrected chi connectivity index (χ0v) is 64.6. The van der Waals surface area contributed by atoms with Gasteiger partial charge in [-0.15, -0.1) is 0 Å². The lowest BCUT2D eigenvalue weighted by atomic mass is 10.0. The Hall–Kier alpha value is -1.94. The van der Waals surface area contributed by atoms with Crippen molar-refractivity contribution >= 4 is 39.5 Å². The van der Waals surface area contributed by atoms with Gasteiger partial charge in [0.25, 0.3) is 0 Å². The smallest absolute Gasteiger partial charge is 0.462 e. The van der Waals surface area contributed by atoms with E-state index in [0.717, 1.165) is 108 Å². The summed E-state index contributed by atoms with van der Waals surface area (Å²) < 4.78 is 68.5. The monoisotopic (exact) mass is 1410 g/mol. The Balaban J connectivity index is 5.20. The largest absolute Gasteiger partial charge is 0.472 e. The van der Waals surface area contributed by atoms with E-state index in [4.69, 9.17) is 37.0 Å². The van der Waals surface area contributed by atoms with Gasteiger partial charge < -0.3 is 33.8 Å². The molecule has 5 atom stereocenters. The molecule has 19 heteroatoms. The number of hydrogen-bond acceptors (Lipinski definition) is 15. The topological polar surface area (TPSA) is 237 Å². The molecule has 0 aromatic carbocycles. The first-order valence-electron chi connectivity index (χ1n) is 39.8. The number of rotatable bonds is 75. The molecule has 0 spiro atoms. The molecule has 0 aromatic heterocycles. The average Bonchev–Trinajstić information content (AvgIpc) is 1.29. The van der Waals surface area contributed by atoms with E-state index in [1.807, 2.05) is 0 Å². The summed E-state index contributed by atoms with van der Waals surface area (Å²) in [6.45, 7) is 11.9. The Labute approximate surface area is 588 Å². The van der Waals surface area contributed by atoms with Crippen LogP contribution in [0, 0.1) is 17.8 Å². The minimum Gasteiger partial charge on any atom is -0.462 e. The fraction of sp³-hybridized carbons (Fsp3) is 0.948. The molecule has 0 bridgehead atoms. The van der Waals surface area contributed by atoms with Crippen molar-refractivity contribution in [2.75, 3.05) is 39.6 Å². The van der Waals surface area contributed by atoms with E-state index in [9.17, 15) is 43.2 Å². The molecule has 0 aliphatic heterocycles. The van der Waals surface area contributed by atoms with E-state index in [0.29, 0.717) is 25.7 Å². The number of phosphoric ester groups is 2. The molecule has 0 radical (unpaired) electrons. The molecule has 570 valence electrons. The number of carbonyl (C=O) groups excluding carboxylic acids is 4. The first-order chi connectivity index (χ1) is 46.2. The van der Waals surface area contributed by atoms with E-state index in [1.54, 1.807) is 0 Å². The number of hydrogen-bond donors (Lipinski definition) is 3. The fourth-order valence-electron chi connectivity index (χ4n) is 11.8. The van der Waals surface area contributed by atoms with Gasteiger partial charge in [-0.3, -0.25) is 37.3 Å². The molecule has 3 N–H and O–H groups in total. The Morgan fingerprint density at radius 1 is 0.281 bits per heavy atom. The molecule has 0 aromatic rings. The van der Waals surface area contributed by atoms with Crippen LogP contribution in [0.2, 0.25) is 0 Å². The molecule has 0 aliphatic rings. The second-order valence-electron chi connectivity index (χ2n) is 29.2. The van der Waals surface area contributed by atoms with Gasteiger partial charge in [-0.05, 0) is 43.4 Å². The van der Waals surface area contributed by atoms with Gasteiger partial charge in [0.2, 0.25) is 0 Å². The number of aliphatic hydroxyl groups excluding tert-OH is 1. The van der Waals surface area contributed by atoms with Crippen LogP contribution in [0.3, 0.4) is 0 Å². The van der Waals surface area contributed by atoms with Gasteiger partial charge in [0.15, 0.2) is 12.2 Å². The quantitative estimate of drug-likeness (QED) is 0.0222. The standard InChI is InChI=1S/C77H150O17P2/c1-8-9-10-11-12-27-37-44-51-58-74(79)87-64-72(94-77(82)61-54-47-40-33-26-24-30-36-43-50-57-70(6)7)66-91-95(83,84)89-62-71(78)63-90-96(85,86)92-67-73(65-88-75(80)59-52-45-38-31-25-23-29-35-42-49-56-69(4)5)93-76(81)60-53-46-39-32-22-20-18-16-14-13-15-17-19-21-28-34-41-48-55-68(2)3/h68-73,78H,8-67H2,1-7H3,(H,83,84)(H,85,86)/t71-,72+,73+/m0/s1. The second kappa shape index (κ2) is 67.5. The summed E-state index contributed by atoms with van der Waals surface area (Å²) in [4.78, 5) is 72.8. The van der Waals surface area contributed by atoms with Gasteiger partial charge in [-0.2, -0.15) is 0 Å². The Morgan fingerprint density at radius 2 is 0.479 bits per heavy atom. The third-order valence-electron chi connectivity index (χ3n) is 17.9. The third kappa shape index (κ3) is 70.5. The first-order valence-corrected chi connectivity index (χ1v) is 42.8. The second-order valence-corrected chi connectivity index (χ2v) is 32.1. The van der Waals surface area contributed by atoms with E-state index in [2.05, 4.69) is 48.5 Å². The lowest BCUT2D eigenvalue weighted by Gasteiger charge is -2.21. The summed E-state index contributed by atoms with van der Waals surface area (Å²) in [6.07, 6.45) is 54.2. The molecule has 17 nitrogen and oxygen atoms in total. The first kappa shape index (κ1) is 94.1. The molecule has 0 amide bonds. The van der Waals surface area contributed by atoms with Gasteiger partial charge in [-0.25, -0.2) is 9.13 Å². The lowest BCUT2D eigenvalue weighted by molar-refractivity contribution is -0.161. The van der Waals surface area contributed by atoms with Crippen LogP contribution in [0.4, 0.5) is 0 Å². The fourth-order valence-corrected chi connectivity index (χ4v) is 13.4. The molecule has 0 saturated heterocycles. The van der Waals surface area contributed by atoms with Crippen LogP contribution < -0.4 is 0 Å². The number of esters is 4. The Bertz CT molecular complexity index is 1870. The zero-order chi connectivity index (χ0) is 70.9. The van der Waals surface area contributed by atoms with Crippen molar-refractivity contribution in [3.05, 3.63) is 0 Å². The van der Waals surface area contributed by atoms with Crippen molar-refractivity contribution in [1.82, 2.24) is 0 Å². The predicted octanol–water partition coefficient (Wildman–Crippen LogP) is 22.6. The highest BCUT2D eigenvalue weighted by Gasteiger charge is 2.30. The Morgan fingerprint density at radius 3 is 0.708 bits per heavy atom. The van der Waals surface area contributed by atoms with Crippen LogP contribution in [0.5, 0.6) is 0 Å². The zero-order valence-electron chi connectivity index (χ0n) is 62.8. The number of phosphoric acid groups is 2. The van der Waals surface area contributed by atoms with Crippen molar-refractivity contribution in [1.29, 1.82) is 0 Å². The Kier molecular flexibility index (Phi) is 66.2. The summed E-state index contributed by atoms with van der Waals surface area (Å²) in [5.41, 5.74) is 0. The van der Waals surface area contributed by atoms with E-state index < -0.39 is 97.5 Å². The normalized spacial score (nSPS) is 14.1. The van der Waals surface area contributed by atoms with Crippen LogP contribution in [0.15, 0.2) is 0 Å². The number of aliphatic hydroxyl groups is 1. The van der Waals surface area contributed by atoms with Gasteiger partial charge in [0.1, 0.15) is 19.3 Å². The average molecular weight is 1410 g/mol. The summed E-state index contributed by atoms with van der Waals surface area (Å²) in [6, 6.07) is 0. The van der Waals surface area contributed by atoms with Crippen LogP contribution in [-0.2, 0) is 65.4 Å². The van der Waals surface area contributed by atoms with Crippen molar-refractivity contribution in [3.8, 4) is 0 Å². The molecular weight excluding hydrogens is 1260 g/mol. The van der Waals surface area contributed by atoms with Crippen molar-refractivity contribution in [2.24, 2.45) is 17.8 Å². The van der Waals surface area contributed by atoms with Crippen LogP contribution in [0.25, 0.3) is 0 Å². The van der Waals surface area contributed by atoms with Crippen LogP contribution >= 0.6 is 15.6 Å². The number of carbonyl (C=O) groups is 4. The predicted molar refractivity (Wildman–Crippen MR) is 391 cm³/mol. The highest BCUT2D eigenvalue weighted by Crippen LogP contribution is 2.45. The summed E-state index contributed by atoms with van der Waals surface area (Å²) in [7, 11) is -9.91. The molecular formula is C77H150O17P2. The van der Waals surface area contributed by atoms with Gasteiger partial charge in [0, 0.05) is 25.7 Å². The number of ether oxygens (including phenoxy) is 4. The van der Waals surface area contributed by atoms with Crippen molar-refractivity contribution in [2.45, 2.75) is 414 Å². The van der Waals surface area contributed by atoms with Gasteiger partial charge in [-0.1, -0.05) is 344 Å². The maximum Gasteiger partial charge on any atom is 0.472 e. The SMILES string of the molecule is CCCCCCCCCCCC(=O)OC[C@H](COP(=O)(O)OC[C@H](O)COP(=O)(O)OC[C@@H](COC(=O)CCCCCCCCCCCCC(C)C)OC(=O)CCCCCCCCCCCCCCCCCCCCC(C)C)OC(=O)CCCCCCCCCCCCC(C)C. The maximum atomic E-state index is 13.1. The number of unbranched alkanes of at least 4 members (excludes halogenated alkanes) is 43. The van der Waals surface area contributed by atoms with Crippen molar-refractivity contribution < 1.29 is 80.2 Å². The molecule has 2 unspecified atom stereocenters. The lowest BCUT2D eigenvalue weighted by Crippen LogP contribution is -2.30. The van der Waals surface area contributed by atoms with Gasteiger partial charge >= 0.3 is 39.5 Å². The molecule has 0 aliphatic carbocycles. The van der Waals surface area contributed by atoms with Crippen molar-refractivity contribution in [3.63, 3.8) is 0 Å². The molecule has 0 saturated carbocycles. The molecule has 96 heavy (non-hydrogen) atoms. The van der Waals surface area contributed by atoms with E-state index >= 15 is 0 Å². The molecule has 0 fully saturated rings.